The largest absolute Gasteiger partial charge is 0.463 e. The lowest BCUT2D eigenvalue weighted by Crippen LogP contribution is -2.38. The lowest BCUT2D eigenvalue weighted by molar-refractivity contribution is -0.144. The lowest BCUT2D eigenvalue weighted by atomic mass is 10.1. The number of amidine groups is 1. The van der Waals surface area contributed by atoms with Crippen LogP contribution in [0.15, 0.2) is 0 Å². The number of hydrogen-bond donors (Lipinski definition) is 4. The topological polar surface area (TPSA) is 108 Å². The van der Waals surface area contributed by atoms with Crippen LogP contribution in [-0.4, -0.2) is 42.2 Å². The fourth-order valence-electron chi connectivity index (χ4n) is 1.30. The smallest absolute Gasteiger partial charge is 0.302 e. The molecule has 1 unspecified atom stereocenters. The molecule has 6 nitrogen and oxygen atoms in total. The third kappa shape index (κ3) is 9.77. The number of carbonyl (C=O) groups is 1. The third-order valence-corrected chi connectivity index (χ3v) is 2.31. The van der Waals surface area contributed by atoms with Gasteiger partial charge in [0.05, 0.1) is 5.84 Å². The van der Waals surface area contributed by atoms with E-state index in [1.807, 2.05) is 0 Å². The Morgan fingerprint density at radius 2 is 2.12 bits per heavy atom. The summed E-state index contributed by atoms with van der Waals surface area (Å²) in [6.07, 6.45) is 1.61. The second-order valence-electron chi connectivity index (χ2n) is 4.08. The molecule has 0 spiro atoms. The van der Waals surface area contributed by atoms with Gasteiger partial charge in [-0.3, -0.25) is 10.2 Å². The van der Waals surface area contributed by atoms with Crippen molar-refractivity contribution in [2.75, 3.05) is 13.2 Å². The zero-order valence-corrected chi connectivity index (χ0v) is 10.5. The highest BCUT2D eigenvalue weighted by atomic mass is 16.5. The van der Waals surface area contributed by atoms with Gasteiger partial charge >= 0.3 is 5.97 Å². The molecule has 0 aromatic heterocycles. The molecular formula is C11H23N3O3. The maximum Gasteiger partial charge on any atom is 0.302 e. The predicted molar refractivity (Wildman–Crippen MR) is 65.9 cm³/mol. The summed E-state index contributed by atoms with van der Waals surface area (Å²) >= 11 is 0. The summed E-state index contributed by atoms with van der Waals surface area (Å²) in [6.45, 7) is 3.68. The van der Waals surface area contributed by atoms with Gasteiger partial charge in [0.1, 0.15) is 12.7 Å². The molecular weight excluding hydrogens is 222 g/mol. The van der Waals surface area contributed by atoms with E-state index in [2.05, 4.69) is 10.1 Å². The summed E-state index contributed by atoms with van der Waals surface area (Å²) in [7, 11) is 0. The Morgan fingerprint density at radius 1 is 1.47 bits per heavy atom. The molecule has 0 aromatic carbocycles. The summed E-state index contributed by atoms with van der Waals surface area (Å²) in [5.41, 5.74) is 5.74. The van der Waals surface area contributed by atoms with Crippen LogP contribution in [-0.2, 0) is 9.53 Å². The minimum absolute atomic E-state index is 0.0473. The van der Waals surface area contributed by atoms with Gasteiger partial charge in [-0.1, -0.05) is 6.42 Å². The van der Waals surface area contributed by atoms with E-state index in [0.717, 1.165) is 19.4 Å². The van der Waals surface area contributed by atoms with Crippen molar-refractivity contribution in [1.82, 2.24) is 5.32 Å². The van der Waals surface area contributed by atoms with Crippen molar-refractivity contribution in [3.05, 3.63) is 0 Å². The Kier molecular flexibility index (Phi) is 8.35. The van der Waals surface area contributed by atoms with E-state index in [1.165, 1.54) is 6.92 Å². The number of ether oxygens (including phenoxy) is 1. The van der Waals surface area contributed by atoms with Crippen LogP contribution in [0.3, 0.4) is 0 Å². The highest BCUT2D eigenvalue weighted by molar-refractivity contribution is 5.75. The van der Waals surface area contributed by atoms with Gasteiger partial charge in [-0.25, -0.2) is 0 Å². The molecule has 0 saturated carbocycles. The zero-order chi connectivity index (χ0) is 13.3. The number of nitrogens with one attached hydrogen (secondary N) is 2. The number of aliphatic hydroxyl groups is 1. The van der Waals surface area contributed by atoms with Gasteiger partial charge in [0, 0.05) is 19.5 Å². The molecule has 100 valence electrons. The lowest BCUT2D eigenvalue weighted by Gasteiger charge is -2.18. The Bertz CT molecular complexity index is 246. The average Bonchev–Trinajstić information content (AvgIpc) is 2.24. The number of aliphatic hydroxyl groups excluding tert-OH is 1. The molecule has 0 rings (SSSR count). The predicted octanol–water partition coefficient (Wildman–Crippen LogP) is -0.00523. The van der Waals surface area contributed by atoms with E-state index >= 15 is 0 Å². The number of rotatable bonds is 8. The van der Waals surface area contributed by atoms with Crippen molar-refractivity contribution in [2.24, 2.45) is 5.73 Å². The molecule has 0 saturated heterocycles. The Balaban J connectivity index is 3.53. The summed E-state index contributed by atoms with van der Waals surface area (Å²) in [5, 5.41) is 19.6. The van der Waals surface area contributed by atoms with Crippen LogP contribution < -0.4 is 11.1 Å². The van der Waals surface area contributed by atoms with Crippen LogP contribution in [0.4, 0.5) is 0 Å². The van der Waals surface area contributed by atoms with Crippen molar-refractivity contribution in [2.45, 2.75) is 45.3 Å². The summed E-state index contributed by atoms with van der Waals surface area (Å²) < 4.78 is 4.67. The van der Waals surface area contributed by atoms with Crippen molar-refractivity contribution in [1.29, 1.82) is 5.41 Å². The highest BCUT2D eigenvalue weighted by Crippen LogP contribution is 2.03. The van der Waals surface area contributed by atoms with Crippen molar-refractivity contribution in [3.8, 4) is 0 Å². The van der Waals surface area contributed by atoms with Crippen LogP contribution in [0.2, 0.25) is 0 Å². The average molecular weight is 245 g/mol. The number of esters is 1. The first-order chi connectivity index (χ1) is 7.93. The van der Waals surface area contributed by atoms with Gasteiger partial charge in [0.2, 0.25) is 0 Å². The number of nitrogens with two attached hydrogens (primary N) is 1. The number of unbranched alkanes of at least 4 members (excludes halogenated alkanes) is 1. The maximum absolute atomic E-state index is 10.5. The van der Waals surface area contributed by atoms with Gasteiger partial charge < -0.3 is 20.9 Å². The molecule has 17 heavy (non-hydrogen) atoms. The fraction of sp³-hybridized carbons (Fsp3) is 0.818. The molecule has 0 aliphatic carbocycles. The first-order valence-corrected chi connectivity index (χ1v) is 5.79. The van der Waals surface area contributed by atoms with Crippen LogP contribution in [0.5, 0.6) is 0 Å². The second-order valence-corrected chi connectivity index (χ2v) is 4.08. The molecule has 2 atom stereocenters. The van der Waals surface area contributed by atoms with E-state index in [9.17, 15) is 9.90 Å². The molecule has 0 amide bonds. The monoisotopic (exact) mass is 245 g/mol. The molecule has 0 radical (unpaired) electrons. The zero-order valence-electron chi connectivity index (χ0n) is 10.5. The van der Waals surface area contributed by atoms with Crippen molar-refractivity contribution in [3.63, 3.8) is 0 Å². The Morgan fingerprint density at radius 3 is 2.65 bits per heavy atom. The standard InChI is InChI=1S/C11H23N3O3/c1-8(12)14-6-4-3-5-10(13)11(16)7-17-9(2)15/h10-11,16H,3-7,13H2,1-2H3,(H2,12,14)/t10-,11?/m0/s1. The molecule has 5 N–H and O–H groups in total. The minimum Gasteiger partial charge on any atom is -0.463 e. The van der Waals surface area contributed by atoms with Gasteiger partial charge in [0.15, 0.2) is 0 Å². The minimum atomic E-state index is -0.809. The third-order valence-electron chi connectivity index (χ3n) is 2.31. The molecule has 0 heterocycles. The summed E-state index contributed by atoms with van der Waals surface area (Å²) in [6, 6.07) is -0.379. The van der Waals surface area contributed by atoms with Crippen LogP contribution in [0.1, 0.15) is 33.1 Å². The number of carbonyl (C=O) groups excluding carboxylic acids is 1. The van der Waals surface area contributed by atoms with E-state index in [1.54, 1.807) is 6.92 Å². The van der Waals surface area contributed by atoms with E-state index < -0.39 is 12.1 Å². The van der Waals surface area contributed by atoms with Crippen molar-refractivity contribution < 1.29 is 14.6 Å². The van der Waals surface area contributed by atoms with Crippen LogP contribution in [0, 0.1) is 5.41 Å². The summed E-state index contributed by atoms with van der Waals surface area (Å²) in [5.74, 6) is 0.0334. The molecule has 0 bridgehead atoms. The first kappa shape index (κ1) is 15.9. The molecule has 0 aliphatic heterocycles. The summed E-state index contributed by atoms with van der Waals surface area (Å²) in [4.78, 5) is 10.5. The van der Waals surface area contributed by atoms with Gasteiger partial charge in [-0.05, 0) is 19.8 Å². The van der Waals surface area contributed by atoms with Gasteiger partial charge in [-0.15, -0.1) is 0 Å². The molecule has 0 aromatic rings. The molecule has 6 heteroatoms. The highest BCUT2D eigenvalue weighted by Gasteiger charge is 2.15. The quantitative estimate of drug-likeness (QED) is 0.208. The number of hydrogen-bond acceptors (Lipinski definition) is 5. The molecule has 0 aliphatic rings. The normalized spacial score (nSPS) is 13.9. The van der Waals surface area contributed by atoms with Gasteiger partial charge in [-0.2, -0.15) is 0 Å². The SMILES string of the molecule is CC(=N)NCCCC[C@H](N)C(O)COC(C)=O. The Labute approximate surface area is 102 Å². The fourth-order valence-corrected chi connectivity index (χ4v) is 1.30. The van der Waals surface area contributed by atoms with Crippen LogP contribution in [0.25, 0.3) is 0 Å². The van der Waals surface area contributed by atoms with E-state index in [0.29, 0.717) is 12.3 Å². The van der Waals surface area contributed by atoms with Gasteiger partial charge in [0.25, 0.3) is 0 Å². The van der Waals surface area contributed by atoms with E-state index in [-0.39, 0.29) is 12.6 Å². The second kappa shape index (κ2) is 8.95. The van der Waals surface area contributed by atoms with E-state index in [4.69, 9.17) is 11.1 Å². The first-order valence-electron chi connectivity index (χ1n) is 5.79. The molecule has 0 fully saturated rings. The van der Waals surface area contributed by atoms with Crippen LogP contribution >= 0.6 is 0 Å². The Hall–Kier alpha value is -1.14. The van der Waals surface area contributed by atoms with Crippen molar-refractivity contribution >= 4 is 11.8 Å². The maximum atomic E-state index is 10.5.